The molecule has 0 aromatic heterocycles. The van der Waals surface area contributed by atoms with E-state index in [9.17, 15) is 0 Å². The predicted molar refractivity (Wildman–Crippen MR) is 93.0 cm³/mol. The number of likely N-dealkylation sites (N-methyl/N-ethyl adjacent to an activating group) is 1. The van der Waals surface area contributed by atoms with E-state index in [0.717, 1.165) is 44.8 Å². The minimum atomic E-state index is -0.673. The van der Waals surface area contributed by atoms with Crippen molar-refractivity contribution in [1.82, 2.24) is 14.7 Å². The minimum absolute atomic E-state index is 0.317. The van der Waals surface area contributed by atoms with Crippen molar-refractivity contribution in [2.24, 2.45) is 0 Å². The van der Waals surface area contributed by atoms with Crippen molar-refractivity contribution in [3.8, 4) is 12.1 Å². The van der Waals surface area contributed by atoms with Crippen LogP contribution in [-0.2, 0) is 0 Å². The van der Waals surface area contributed by atoms with E-state index in [-0.39, 0.29) is 0 Å². The fourth-order valence-electron chi connectivity index (χ4n) is 3.74. The number of hydrogen-bond acceptors (Lipinski definition) is 5. The Balaban J connectivity index is 1.83. The summed E-state index contributed by atoms with van der Waals surface area (Å²) in [5.41, 5.74) is 2.07. The Bertz CT molecular complexity index is 599. The van der Waals surface area contributed by atoms with E-state index in [1.807, 2.05) is 12.1 Å². The van der Waals surface area contributed by atoms with E-state index in [0.29, 0.717) is 6.17 Å². The van der Waals surface area contributed by atoms with Gasteiger partial charge >= 0.3 is 0 Å². The standard InChI is InChI=1S/C19H25N5/c1-22-10-12-24(13-11-22)19(23-8-2-3-9-23)17-6-4-16(5-7-17)18(14-20)15-21/h4-7,18-19H,2-3,8-13H2,1H3. The third kappa shape index (κ3) is 3.60. The first-order valence-electron chi connectivity index (χ1n) is 8.78. The molecule has 0 bridgehead atoms. The quantitative estimate of drug-likeness (QED) is 0.850. The lowest BCUT2D eigenvalue weighted by Crippen LogP contribution is -2.50. The van der Waals surface area contributed by atoms with Gasteiger partial charge in [0.05, 0.1) is 18.3 Å². The fraction of sp³-hybridized carbons (Fsp3) is 0.579. The zero-order valence-corrected chi connectivity index (χ0v) is 14.4. The summed E-state index contributed by atoms with van der Waals surface area (Å²) in [5.74, 6) is -0.673. The highest BCUT2D eigenvalue weighted by atomic mass is 15.4. The largest absolute Gasteiger partial charge is 0.304 e. The predicted octanol–water partition coefficient (Wildman–Crippen LogP) is 2.16. The van der Waals surface area contributed by atoms with Gasteiger partial charge in [-0.1, -0.05) is 24.3 Å². The molecule has 2 aliphatic rings. The molecule has 2 fully saturated rings. The summed E-state index contributed by atoms with van der Waals surface area (Å²) in [6.07, 6.45) is 2.86. The molecule has 2 heterocycles. The van der Waals surface area contributed by atoms with Gasteiger partial charge in [0, 0.05) is 26.2 Å². The number of nitriles is 2. The Morgan fingerprint density at radius 3 is 1.83 bits per heavy atom. The van der Waals surface area contributed by atoms with Crippen LogP contribution >= 0.6 is 0 Å². The number of hydrogen-bond donors (Lipinski definition) is 0. The van der Waals surface area contributed by atoms with Gasteiger partial charge in [0.2, 0.25) is 0 Å². The van der Waals surface area contributed by atoms with Crippen molar-refractivity contribution in [3.05, 3.63) is 35.4 Å². The molecule has 3 rings (SSSR count). The molecule has 0 radical (unpaired) electrons. The van der Waals surface area contributed by atoms with Gasteiger partial charge in [-0.15, -0.1) is 0 Å². The molecule has 0 N–H and O–H groups in total. The van der Waals surface area contributed by atoms with Gasteiger partial charge in [0.25, 0.3) is 0 Å². The zero-order valence-electron chi connectivity index (χ0n) is 14.4. The summed E-state index contributed by atoms with van der Waals surface area (Å²) in [6.45, 7) is 6.67. The lowest BCUT2D eigenvalue weighted by molar-refractivity contribution is 0.0234. The maximum absolute atomic E-state index is 9.07. The third-order valence-corrected chi connectivity index (χ3v) is 5.20. The Morgan fingerprint density at radius 2 is 1.29 bits per heavy atom. The first-order valence-corrected chi connectivity index (χ1v) is 8.78. The molecule has 24 heavy (non-hydrogen) atoms. The smallest absolute Gasteiger partial charge is 0.158 e. The number of piperazine rings is 1. The summed E-state index contributed by atoms with van der Waals surface area (Å²) in [6, 6.07) is 12.2. The van der Waals surface area contributed by atoms with E-state index in [1.54, 1.807) is 0 Å². The molecule has 0 saturated carbocycles. The molecule has 1 unspecified atom stereocenters. The highest BCUT2D eigenvalue weighted by Gasteiger charge is 2.30. The van der Waals surface area contributed by atoms with Crippen LogP contribution in [0.4, 0.5) is 0 Å². The second-order valence-corrected chi connectivity index (χ2v) is 6.81. The average Bonchev–Trinajstić information content (AvgIpc) is 3.13. The van der Waals surface area contributed by atoms with Gasteiger partial charge in [-0.3, -0.25) is 9.80 Å². The number of nitrogens with zero attached hydrogens (tertiary/aromatic N) is 5. The number of likely N-dealkylation sites (tertiary alicyclic amines) is 1. The molecular formula is C19H25N5. The Hall–Kier alpha value is -1.92. The lowest BCUT2D eigenvalue weighted by Gasteiger charge is -2.42. The molecule has 1 aromatic carbocycles. The minimum Gasteiger partial charge on any atom is -0.304 e. The van der Waals surface area contributed by atoms with Crippen LogP contribution in [0.5, 0.6) is 0 Å². The van der Waals surface area contributed by atoms with Crippen molar-refractivity contribution in [2.45, 2.75) is 24.9 Å². The summed E-state index contributed by atoms with van der Waals surface area (Å²) in [5, 5.41) is 18.1. The normalized spacial score (nSPS) is 21.5. The fourth-order valence-corrected chi connectivity index (χ4v) is 3.74. The molecule has 126 valence electrons. The van der Waals surface area contributed by atoms with Crippen LogP contribution in [0.25, 0.3) is 0 Å². The molecule has 2 saturated heterocycles. The van der Waals surface area contributed by atoms with Gasteiger partial charge in [0.1, 0.15) is 0 Å². The molecule has 1 aromatic rings. The topological polar surface area (TPSA) is 57.3 Å². The van der Waals surface area contributed by atoms with Crippen LogP contribution in [0, 0.1) is 22.7 Å². The molecule has 0 amide bonds. The Morgan fingerprint density at radius 1 is 0.792 bits per heavy atom. The Kier molecular flexibility index (Phi) is 5.48. The van der Waals surface area contributed by atoms with Crippen LogP contribution in [-0.4, -0.2) is 61.0 Å². The van der Waals surface area contributed by atoms with Gasteiger partial charge in [-0.05, 0) is 44.1 Å². The maximum atomic E-state index is 9.07. The average molecular weight is 323 g/mol. The summed E-state index contributed by atoms with van der Waals surface area (Å²) in [4.78, 5) is 7.53. The first-order chi connectivity index (χ1) is 11.7. The molecule has 0 aliphatic carbocycles. The van der Waals surface area contributed by atoms with Gasteiger partial charge in [0.15, 0.2) is 5.92 Å². The zero-order chi connectivity index (χ0) is 16.9. The van der Waals surface area contributed by atoms with E-state index < -0.39 is 5.92 Å². The molecule has 2 aliphatic heterocycles. The van der Waals surface area contributed by atoms with Crippen molar-refractivity contribution in [3.63, 3.8) is 0 Å². The van der Waals surface area contributed by atoms with Crippen molar-refractivity contribution >= 4 is 0 Å². The third-order valence-electron chi connectivity index (χ3n) is 5.20. The van der Waals surface area contributed by atoms with E-state index >= 15 is 0 Å². The summed E-state index contributed by atoms with van der Waals surface area (Å²) >= 11 is 0. The van der Waals surface area contributed by atoms with Crippen molar-refractivity contribution < 1.29 is 0 Å². The van der Waals surface area contributed by atoms with Gasteiger partial charge in [-0.2, -0.15) is 10.5 Å². The molecule has 1 atom stereocenters. The van der Waals surface area contributed by atoms with Crippen LogP contribution in [0.2, 0.25) is 0 Å². The van der Waals surface area contributed by atoms with Gasteiger partial charge < -0.3 is 4.90 Å². The number of rotatable bonds is 4. The van der Waals surface area contributed by atoms with E-state index in [1.165, 1.54) is 18.4 Å². The Labute approximate surface area is 144 Å². The second-order valence-electron chi connectivity index (χ2n) is 6.81. The SMILES string of the molecule is CN1CCN(C(c2ccc(C(C#N)C#N)cc2)N2CCCC2)CC1. The van der Waals surface area contributed by atoms with Crippen molar-refractivity contribution in [1.29, 1.82) is 10.5 Å². The lowest BCUT2D eigenvalue weighted by atomic mass is 9.99. The van der Waals surface area contributed by atoms with Crippen LogP contribution in [0.15, 0.2) is 24.3 Å². The van der Waals surface area contributed by atoms with Crippen LogP contribution in [0.3, 0.4) is 0 Å². The highest BCUT2D eigenvalue weighted by molar-refractivity contribution is 5.34. The highest BCUT2D eigenvalue weighted by Crippen LogP contribution is 2.30. The summed E-state index contributed by atoms with van der Waals surface area (Å²) in [7, 11) is 2.18. The second kappa shape index (κ2) is 7.77. The first kappa shape index (κ1) is 16.9. The van der Waals surface area contributed by atoms with Crippen molar-refractivity contribution in [2.75, 3.05) is 46.3 Å². The maximum Gasteiger partial charge on any atom is 0.158 e. The van der Waals surface area contributed by atoms with Gasteiger partial charge in [-0.25, -0.2) is 0 Å². The molecular weight excluding hydrogens is 298 g/mol. The van der Waals surface area contributed by atoms with E-state index in [2.05, 4.69) is 46.0 Å². The monoisotopic (exact) mass is 323 g/mol. The number of benzene rings is 1. The van der Waals surface area contributed by atoms with Crippen LogP contribution in [0.1, 0.15) is 36.1 Å². The van der Waals surface area contributed by atoms with E-state index in [4.69, 9.17) is 10.5 Å². The van der Waals surface area contributed by atoms with Crippen LogP contribution < -0.4 is 0 Å². The molecule has 5 nitrogen and oxygen atoms in total. The molecule has 5 heteroatoms. The summed E-state index contributed by atoms with van der Waals surface area (Å²) < 4.78 is 0. The molecule has 0 spiro atoms.